The standard InChI is InChI=1S/C7H6ClNOS/c8-5-3-7(11-4-5)6(10)1-2-9/h3-4,6,10H,1H2. The van der Waals surface area contributed by atoms with Gasteiger partial charge in [-0.15, -0.1) is 11.3 Å². The van der Waals surface area contributed by atoms with E-state index in [0.29, 0.717) is 5.02 Å². The van der Waals surface area contributed by atoms with Crippen molar-refractivity contribution in [1.82, 2.24) is 0 Å². The Morgan fingerprint density at radius 3 is 3.00 bits per heavy atom. The first-order chi connectivity index (χ1) is 5.24. The van der Waals surface area contributed by atoms with Crippen LogP contribution in [-0.4, -0.2) is 5.11 Å². The van der Waals surface area contributed by atoms with Crippen LogP contribution >= 0.6 is 22.9 Å². The minimum atomic E-state index is -0.683. The van der Waals surface area contributed by atoms with Crippen molar-refractivity contribution in [2.75, 3.05) is 0 Å². The number of nitrogens with zero attached hydrogens (tertiary/aromatic N) is 1. The largest absolute Gasteiger partial charge is 0.386 e. The summed E-state index contributed by atoms with van der Waals surface area (Å²) in [4.78, 5) is 0.747. The molecule has 1 atom stereocenters. The van der Waals surface area contributed by atoms with E-state index in [1.165, 1.54) is 11.3 Å². The summed E-state index contributed by atoms with van der Waals surface area (Å²) in [5.74, 6) is 0. The van der Waals surface area contributed by atoms with Gasteiger partial charge in [-0.1, -0.05) is 11.6 Å². The van der Waals surface area contributed by atoms with Crippen molar-refractivity contribution >= 4 is 22.9 Å². The second-order valence-electron chi connectivity index (χ2n) is 2.05. The van der Waals surface area contributed by atoms with Crippen molar-refractivity contribution in [3.05, 3.63) is 21.3 Å². The molecule has 1 heterocycles. The van der Waals surface area contributed by atoms with E-state index in [0.717, 1.165) is 4.88 Å². The van der Waals surface area contributed by atoms with Crippen molar-refractivity contribution in [2.24, 2.45) is 0 Å². The van der Waals surface area contributed by atoms with Crippen molar-refractivity contribution in [3.63, 3.8) is 0 Å². The molecule has 0 aliphatic carbocycles. The first-order valence-electron chi connectivity index (χ1n) is 3.03. The molecule has 1 unspecified atom stereocenters. The Hall–Kier alpha value is -0.560. The fraction of sp³-hybridized carbons (Fsp3) is 0.286. The summed E-state index contributed by atoms with van der Waals surface area (Å²) < 4.78 is 0. The van der Waals surface area contributed by atoms with Gasteiger partial charge in [0.15, 0.2) is 0 Å². The van der Waals surface area contributed by atoms with Gasteiger partial charge < -0.3 is 5.11 Å². The number of aliphatic hydroxyl groups excluding tert-OH is 1. The number of aliphatic hydroxyl groups is 1. The Kier molecular flexibility index (Phi) is 2.89. The Morgan fingerprint density at radius 2 is 2.55 bits per heavy atom. The molecule has 0 spiro atoms. The molecule has 11 heavy (non-hydrogen) atoms. The van der Waals surface area contributed by atoms with Crippen molar-refractivity contribution < 1.29 is 5.11 Å². The minimum absolute atomic E-state index is 0.122. The van der Waals surface area contributed by atoms with Crippen molar-refractivity contribution in [1.29, 1.82) is 5.26 Å². The molecule has 1 aromatic rings. The van der Waals surface area contributed by atoms with Gasteiger partial charge in [0, 0.05) is 10.3 Å². The van der Waals surface area contributed by atoms with E-state index in [2.05, 4.69) is 0 Å². The fourth-order valence-corrected chi connectivity index (χ4v) is 1.76. The maximum absolute atomic E-state index is 9.26. The Bertz CT molecular complexity index is 278. The number of rotatable bonds is 2. The quantitative estimate of drug-likeness (QED) is 0.773. The second kappa shape index (κ2) is 3.72. The molecule has 0 aromatic carbocycles. The van der Waals surface area contributed by atoms with Gasteiger partial charge in [-0.3, -0.25) is 0 Å². The van der Waals surface area contributed by atoms with Crippen LogP contribution in [0, 0.1) is 11.3 Å². The number of hydrogen-bond donors (Lipinski definition) is 1. The molecule has 1 rings (SSSR count). The highest BCUT2D eigenvalue weighted by atomic mass is 35.5. The second-order valence-corrected chi connectivity index (χ2v) is 3.42. The molecule has 0 aliphatic heterocycles. The van der Waals surface area contributed by atoms with Gasteiger partial charge in [-0.2, -0.15) is 5.26 Å². The van der Waals surface area contributed by atoms with Crippen LogP contribution in [0.2, 0.25) is 5.02 Å². The smallest absolute Gasteiger partial charge is 0.101 e. The summed E-state index contributed by atoms with van der Waals surface area (Å²) >= 11 is 6.99. The van der Waals surface area contributed by atoms with E-state index < -0.39 is 6.10 Å². The lowest BCUT2D eigenvalue weighted by Crippen LogP contribution is -1.90. The molecule has 0 saturated carbocycles. The maximum atomic E-state index is 9.26. The van der Waals surface area contributed by atoms with Crippen LogP contribution in [0.25, 0.3) is 0 Å². The van der Waals surface area contributed by atoms with Crippen LogP contribution in [0.15, 0.2) is 11.4 Å². The third-order valence-corrected chi connectivity index (χ3v) is 2.58. The molecule has 4 heteroatoms. The van der Waals surface area contributed by atoms with E-state index >= 15 is 0 Å². The summed E-state index contributed by atoms with van der Waals surface area (Å²) in [7, 11) is 0. The summed E-state index contributed by atoms with van der Waals surface area (Å²) in [5.41, 5.74) is 0. The van der Waals surface area contributed by atoms with Gasteiger partial charge in [0.05, 0.1) is 17.5 Å². The Balaban J connectivity index is 2.70. The van der Waals surface area contributed by atoms with Gasteiger partial charge in [0.2, 0.25) is 0 Å². The lowest BCUT2D eigenvalue weighted by Gasteiger charge is -1.99. The van der Waals surface area contributed by atoms with E-state index in [1.54, 1.807) is 11.4 Å². The first kappa shape index (κ1) is 8.54. The molecule has 0 amide bonds. The van der Waals surface area contributed by atoms with Crippen LogP contribution in [0.3, 0.4) is 0 Å². The van der Waals surface area contributed by atoms with Crippen molar-refractivity contribution in [3.8, 4) is 6.07 Å². The predicted octanol–water partition coefficient (Wildman–Crippen LogP) is 2.35. The zero-order chi connectivity index (χ0) is 8.27. The average molecular weight is 188 g/mol. The van der Waals surface area contributed by atoms with E-state index in [-0.39, 0.29) is 6.42 Å². The van der Waals surface area contributed by atoms with Crippen LogP contribution in [0.1, 0.15) is 17.4 Å². The zero-order valence-corrected chi connectivity index (χ0v) is 7.19. The maximum Gasteiger partial charge on any atom is 0.101 e. The molecular formula is C7H6ClNOS. The monoisotopic (exact) mass is 187 g/mol. The van der Waals surface area contributed by atoms with Gasteiger partial charge in [-0.25, -0.2) is 0 Å². The zero-order valence-electron chi connectivity index (χ0n) is 5.62. The summed E-state index contributed by atoms with van der Waals surface area (Å²) in [6.07, 6.45) is -0.561. The third kappa shape index (κ3) is 2.19. The normalized spacial score (nSPS) is 12.5. The molecule has 0 saturated heterocycles. The SMILES string of the molecule is N#CCC(O)c1cc(Cl)cs1. The van der Waals surface area contributed by atoms with Gasteiger partial charge in [0.25, 0.3) is 0 Å². The van der Waals surface area contributed by atoms with E-state index in [1.807, 2.05) is 6.07 Å². The van der Waals surface area contributed by atoms with Crippen LogP contribution in [0.4, 0.5) is 0 Å². The molecule has 0 aliphatic rings. The number of halogens is 1. The van der Waals surface area contributed by atoms with Gasteiger partial charge in [0.1, 0.15) is 6.10 Å². The van der Waals surface area contributed by atoms with Crippen LogP contribution < -0.4 is 0 Å². The highest BCUT2D eigenvalue weighted by Crippen LogP contribution is 2.26. The molecule has 0 bridgehead atoms. The summed E-state index contributed by atoms with van der Waals surface area (Å²) in [6, 6.07) is 3.56. The molecular weight excluding hydrogens is 182 g/mol. The van der Waals surface area contributed by atoms with E-state index in [4.69, 9.17) is 16.9 Å². The molecule has 58 valence electrons. The number of thiophene rings is 1. The molecule has 1 aromatic heterocycles. The highest BCUT2D eigenvalue weighted by Gasteiger charge is 2.08. The first-order valence-corrected chi connectivity index (χ1v) is 4.28. The molecule has 0 radical (unpaired) electrons. The molecule has 2 nitrogen and oxygen atoms in total. The highest BCUT2D eigenvalue weighted by molar-refractivity contribution is 7.10. The summed E-state index contributed by atoms with van der Waals surface area (Å²) in [5, 5.41) is 19.9. The lowest BCUT2D eigenvalue weighted by molar-refractivity contribution is 0.187. The average Bonchev–Trinajstić information content (AvgIpc) is 2.36. The van der Waals surface area contributed by atoms with Crippen LogP contribution in [0.5, 0.6) is 0 Å². The number of hydrogen-bond acceptors (Lipinski definition) is 3. The Morgan fingerprint density at radius 1 is 1.82 bits per heavy atom. The lowest BCUT2D eigenvalue weighted by atomic mass is 10.2. The fourth-order valence-electron chi connectivity index (χ4n) is 0.690. The van der Waals surface area contributed by atoms with Gasteiger partial charge in [-0.05, 0) is 6.07 Å². The molecule has 0 fully saturated rings. The van der Waals surface area contributed by atoms with Crippen molar-refractivity contribution in [2.45, 2.75) is 12.5 Å². The van der Waals surface area contributed by atoms with Crippen LogP contribution in [-0.2, 0) is 0 Å². The minimum Gasteiger partial charge on any atom is -0.386 e. The van der Waals surface area contributed by atoms with E-state index in [9.17, 15) is 5.11 Å². The van der Waals surface area contributed by atoms with Gasteiger partial charge >= 0.3 is 0 Å². The topological polar surface area (TPSA) is 44.0 Å². The third-order valence-electron chi connectivity index (χ3n) is 1.20. The number of nitriles is 1. The Labute approximate surface area is 73.7 Å². The predicted molar refractivity (Wildman–Crippen MR) is 44.5 cm³/mol. The summed E-state index contributed by atoms with van der Waals surface area (Å²) in [6.45, 7) is 0. The molecule has 1 N–H and O–H groups in total.